The van der Waals surface area contributed by atoms with Gasteiger partial charge in [0.15, 0.2) is 5.11 Å². The average Bonchev–Trinajstić information content (AvgIpc) is 3.53. The van der Waals surface area contributed by atoms with Crippen LogP contribution in [-0.4, -0.2) is 32.7 Å². The first-order chi connectivity index (χ1) is 18.1. The molecule has 2 N–H and O–H groups in total. The second kappa shape index (κ2) is 10.8. The standard InChI is InChI=1S/C28H28N6O2S/c1-3-25(35)31-21-12-11-20(16-24(21)36-2)34-27(26(32-28(34)37)22-9-4-5-14-30-22)23-10-7-15-33(23)18-19-8-6-13-29-17-19/h4-17,26-27H,3,18H2,1-2H3,(H,31,35)(H,32,37)/t26-,27-/m0/s1. The molecule has 37 heavy (non-hydrogen) atoms. The number of nitrogens with zero attached hydrogens (tertiary/aromatic N) is 4. The van der Waals surface area contributed by atoms with Gasteiger partial charge in [-0.05, 0) is 60.2 Å². The molecule has 0 saturated carbocycles. The van der Waals surface area contributed by atoms with Crippen LogP contribution in [0.3, 0.4) is 0 Å². The first kappa shape index (κ1) is 24.5. The fourth-order valence-corrected chi connectivity index (χ4v) is 4.98. The van der Waals surface area contributed by atoms with Gasteiger partial charge in [0, 0.05) is 55.2 Å². The van der Waals surface area contributed by atoms with Gasteiger partial charge >= 0.3 is 0 Å². The van der Waals surface area contributed by atoms with Crippen LogP contribution in [0.4, 0.5) is 11.4 Å². The number of carbonyl (C=O) groups is 1. The number of amides is 1. The third-order valence-corrected chi connectivity index (χ3v) is 6.71. The number of nitrogens with one attached hydrogen (secondary N) is 2. The van der Waals surface area contributed by atoms with Crippen molar-refractivity contribution in [1.29, 1.82) is 0 Å². The summed E-state index contributed by atoms with van der Waals surface area (Å²) < 4.78 is 7.85. The van der Waals surface area contributed by atoms with Crippen LogP contribution in [0.15, 0.2) is 85.5 Å². The van der Waals surface area contributed by atoms with Crippen molar-refractivity contribution in [3.8, 4) is 5.75 Å². The molecular weight excluding hydrogens is 484 g/mol. The van der Waals surface area contributed by atoms with E-state index in [1.807, 2.05) is 61.7 Å². The van der Waals surface area contributed by atoms with Crippen molar-refractivity contribution in [3.63, 3.8) is 0 Å². The number of carbonyl (C=O) groups excluding carboxylic acids is 1. The Morgan fingerprint density at radius 2 is 2.03 bits per heavy atom. The molecular formula is C28H28N6O2S. The maximum atomic E-state index is 12.0. The lowest BCUT2D eigenvalue weighted by Gasteiger charge is -2.29. The molecule has 1 fully saturated rings. The Kier molecular flexibility index (Phi) is 7.14. The second-order valence-corrected chi connectivity index (χ2v) is 9.09. The fourth-order valence-electron chi connectivity index (χ4n) is 4.63. The number of hydrogen-bond acceptors (Lipinski definition) is 5. The maximum Gasteiger partial charge on any atom is 0.224 e. The molecule has 3 aromatic heterocycles. The van der Waals surface area contributed by atoms with Gasteiger partial charge in [0.25, 0.3) is 0 Å². The quantitative estimate of drug-likeness (QED) is 0.326. The molecule has 8 nitrogen and oxygen atoms in total. The molecule has 1 amide bonds. The van der Waals surface area contributed by atoms with Crippen molar-refractivity contribution in [2.24, 2.45) is 0 Å². The van der Waals surface area contributed by atoms with Gasteiger partial charge in [0.2, 0.25) is 5.91 Å². The number of aromatic nitrogens is 3. The molecule has 0 radical (unpaired) electrons. The molecule has 0 bridgehead atoms. The molecule has 5 rings (SSSR count). The van der Waals surface area contributed by atoms with E-state index in [1.54, 1.807) is 19.5 Å². The third-order valence-electron chi connectivity index (χ3n) is 6.40. The van der Waals surface area contributed by atoms with E-state index in [9.17, 15) is 4.79 Å². The molecule has 0 spiro atoms. The zero-order valence-electron chi connectivity index (χ0n) is 20.7. The number of thiocarbonyl (C=S) groups is 1. The lowest BCUT2D eigenvalue weighted by molar-refractivity contribution is -0.115. The Labute approximate surface area is 221 Å². The molecule has 4 heterocycles. The average molecular weight is 513 g/mol. The predicted molar refractivity (Wildman–Crippen MR) is 148 cm³/mol. The lowest BCUT2D eigenvalue weighted by Crippen LogP contribution is -2.30. The minimum Gasteiger partial charge on any atom is -0.494 e. The number of pyridine rings is 2. The molecule has 1 aromatic carbocycles. The Morgan fingerprint density at radius 3 is 2.76 bits per heavy atom. The first-order valence-corrected chi connectivity index (χ1v) is 12.5. The summed E-state index contributed by atoms with van der Waals surface area (Å²) in [4.78, 5) is 23.0. The normalized spacial score (nSPS) is 16.9. The van der Waals surface area contributed by atoms with Crippen LogP contribution in [0.1, 0.15) is 42.4 Å². The highest BCUT2D eigenvalue weighted by Gasteiger charge is 2.42. The summed E-state index contributed by atoms with van der Waals surface area (Å²) in [6.07, 6.45) is 7.90. The Bertz CT molecular complexity index is 1390. The van der Waals surface area contributed by atoms with E-state index in [0.29, 0.717) is 29.5 Å². The van der Waals surface area contributed by atoms with E-state index in [1.165, 1.54) is 0 Å². The summed E-state index contributed by atoms with van der Waals surface area (Å²) in [6.45, 7) is 2.49. The lowest BCUT2D eigenvalue weighted by atomic mass is 10.0. The minimum atomic E-state index is -0.185. The number of hydrogen-bond donors (Lipinski definition) is 2. The number of anilines is 2. The molecule has 188 valence electrons. The van der Waals surface area contributed by atoms with E-state index in [2.05, 4.69) is 48.4 Å². The van der Waals surface area contributed by atoms with E-state index in [0.717, 1.165) is 22.6 Å². The Balaban J connectivity index is 1.58. The highest BCUT2D eigenvalue weighted by Crippen LogP contribution is 2.43. The molecule has 0 unspecified atom stereocenters. The van der Waals surface area contributed by atoms with Gasteiger partial charge in [-0.15, -0.1) is 0 Å². The van der Waals surface area contributed by atoms with Crippen molar-refractivity contribution in [2.75, 3.05) is 17.3 Å². The van der Waals surface area contributed by atoms with Gasteiger partial charge in [-0.1, -0.05) is 19.1 Å². The highest BCUT2D eigenvalue weighted by atomic mass is 32.1. The molecule has 2 atom stereocenters. The van der Waals surface area contributed by atoms with Crippen LogP contribution in [-0.2, 0) is 11.3 Å². The van der Waals surface area contributed by atoms with Crippen molar-refractivity contribution in [3.05, 3.63) is 102 Å². The third kappa shape index (κ3) is 5.03. The van der Waals surface area contributed by atoms with Gasteiger partial charge in [-0.25, -0.2) is 0 Å². The summed E-state index contributed by atoms with van der Waals surface area (Å²) in [5.41, 5.74) is 4.54. The largest absolute Gasteiger partial charge is 0.494 e. The Morgan fingerprint density at radius 1 is 1.14 bits per heavy atom. The van der Waals surface area contributed by atoms with Crippen LogP contribution in [0, 0.1) is 0 Å². The van der Waals surface area contributed by atoms with Gasteiger partial charge in [-0.2, -0.15) is 0 Å². The summed E-state index contributed by atoms with van der Waals surface area (Å²) in [5, 5.41) is 6.98. The molecule has 1 aliphatic rings. The molecule has 1 saturated heterocycles. The van der Waals surface area contributed by atoms with Gasteiger partial charge in [-0.3, -0.25) is 14.8 Å². The zero-order chi connectivity index (χ0) is 25.8. The Hall–Kier alpha value is -4.24. The van der Waals surface area contributed by atoms with Gasteiger partial charge < -0.3 is 24.8 Å². The number of ether oxygens (including phenoxy) is 1. The van der Waals surface area contributed by atoms with Crippen molar-refractivity contribution in [1.82, 2.24) is 19.9 Å². The summed E-state index contributed by atoms with van der Waals surface area (Å²) >= 11 is 5.88. The van der Waals surface area contributed by atoms with Gasteiger partial charge in [0.1, 0.15) is 11.8 Å². The SMILES string of the molecule is CCC(=O)Nc1ccc(N2C(=S)N[C@@H](c3ccccn3)[C@@H]2c2cccn2Cc2cccnc2)cc1OC. The zero-order valence-corrected chi connectivity index (χ0v) is 21.5. The number of benzene rings is 1. The minimum absolute atomic E-state index is 0.0780. The topological polar surface area (TPSA) is 84.3 Å². The van der Waals surface area contributed by atoms with E-state index in [-0.39, 0.29) is 18.0 Å². The molecule has 9 heteroatoms. The fraction of sp³-hybridized carbons (Fsp3) is 0.214. The maximum absolute atomic E-state index is 12.0. The van der Waals surface area contributed by atoms with E-state index < -0.39 is 0 Å². The van der Waals surface area contributed by atoms with E-state index >= 15 is 0 Å². The monoisotopic (exact) mass is 512 g/mol. The van der Waals surface area contributed by atoms with Crippen LogP contribution in [0.25, 0.3) is 0 Å². The highest BCUT2D eigenvalue weighted by molar-refractivity contribution is 7.80. The van der Waals surface area contributed by atoms with Crippen LogP contribution in [0.2, 0.25) is 0 Å². The summed E-state index contributed by atoms with van der Waals surface area (Å²) in [6, 6.07) is 19.4. The van der Waals surface area contributed by atoms with Crippen molar-refractivity contribution in [2.45, 2.75) is 32.0 Å². The number of methoxy groups -OCH3 is 1. The van der Waals surface area contributed by atoms with Crippen LogP contribution < -0.4 is 20.3 Å². The van der Waals surface area contributed by atoms with Crippen LogP contribution >= 0.6 is 12.2 Å². The summed E-state index contributed by atoms with van der Waals surface area (Å²) in [5.74, 6) is 0.485. The van der Waals surface area contributed by atoms with Crippen molar-refractivity contribution < 1.29 is 9.53 Å². The molecule has 4 aromatic rings. The number of rotatable bonds is 8. The molecule has 0 aliphatic carbocycles. The first-order valence-electron chi connectivity index (χ1n) is 12.1. The second-order valence-electron chi connectivity index (χ2n) is 8.71. The van der Waals surface area contributed by atoms with Gasteiger partial charge in [0.05, 0.1) is 24.5 Å². The summed E-state index contributed by atoms with van der Waals surface area (Å²) in [7, 11) is 1.59. The van der Waals surface area contributed by atoms with E-state index in [4.69, 9.17) is 17.0 Å². The predicted octanol–water partition coefficient (Wildman–Crippen LogP) is 4.86. The van der Waals surface area contributed by atoms with Crippen molar-refractivity contribution >= 4 is 34.6 Å². The van der Waals surface area contributed by atoms with Crippen LogP contribution in [0.5, 0.6) is 5.75 Å². The molecule has 1 aliphatic heterocycles. The smallest absolute Gasteiger partial charge is 0.224 e.